The molecule has 0 fully saturated rings. The first-order valence-electron chi connectivity index (χ1n) is 9.78. The summed E-state index contributed by atoms with van der Waals surface area (Å²) in [7, 11) is 1.65. The van der Waals surface area contributed by atoms with Gasteiger partial charge in [-0.1, -0.05) is 28.9 Å². The highest BCUT2D eigenvalue weighted by Gasteiger charge is 2.33. The SMILES string of the molecule is COc1ccc(CN2Cc3[nH]cnc3CC2c2nc(-c3ccc(F)c(Cl)c3)no2)cc1. The van der Waals surface area contributed by atoms with Gasteiger partial charge in [0.1, 0.15) is 11.6 Å². The number of fused-ring (bicyclic) bond motifs is 1. The molecular weight excluding hydrogens is 421 g/mol. The first-order valence-corrected chi connectivity index (χ1v) is 10.2. The first-order chi connectivity index (χ1) is 15.1. The Hall–Kier alpha value is -3.23. The number of nitrogens with zero attached hydrogens (tertiary/aromatic N) is 4. The van der Waals surface area contributed by atoms with Crippen LogP contribution < -0.4 is 4.74 Å². The molecule has 0 saturated carbocycles. The van der Waals surface area contributed by atoms with E-state index >= 15 is 0 Å². The van der Waals surface area contributed by atoms with E-state index < -0.39 is 5.82 Å². The average molecular weight is 440 g/mol. The zero-order chi connectivity index (χ0) is 21.4. The lowest BCUT2D eigenvalue weighted by atomic mass is 10.0. The van der Waals surface area contributed by atoms with Crippen LogP contribution >= 0.6 is 11.6 Å². The maximum absolute atomic E-state index is 13.5. The molecule has 1 aliphatic rings. The second-order valence-electron chi connectivity index (χ2n) is 7.39. The van der Waals surface area contributed by atoms with E-state index in [1.54, 1.807) is 19.5 Å². The lowest BCUT2D eigenvalue weighted by molar-refractivity contribution is 0.128. The number of methoxy groups -OCH3 is 1. The van der Waals surface area contributed by atoms with Crippen LogP contribution in [0.15, 0.2) is 53.3 Å². The molecule has 0 amide bonds. The number of hydrogen-bond donors (Lipinski definition) is 1. The summed E-state index contributed by atoms with van der Waals surface area (Å²) >= 11 is 5.91. The average Bonchev–Trinajstić information content (AvgIpc) is 3.45. The van der Waals surface area contributed by atoms with Crippen LogP contribution in [0.5, 0.6) is 5.75 Å². The van der Waals surface area contributed by atoms with Crippen molar-refractivity contribution < 1.29 is 13.7 Å². The van der Waals surface area contributed by atoms with E-state index in [-0.39, 0.29) is 11.1 Å². The summed E-state index contributed by atoms with van der Waals surface area (Å²) in [5, 5.41) is 4.12. The Labute approximate surface area is 182 Å². The van der Waals surface area contributed by atoms with Gasteiger partial charge in [-0.3, -0.25) is 4.90 Å². The molecule has 0 spiro atoms. The topological polar surface area (TPSA) is 80.1 Å². The lowest BCUT2D eigenvalue weighted by Gasteiger charge is -2.32. The summed E-state index contributed by atoms with van der Waals surface area (Å²) in [5.74, 6) is 1.18. The predicted molar refractivity (Wildman–Crippen MR) is 112 cm³/mol. The molecule has 2 aromatic heterocycles. The zero-order valence-electron chi connectivity index (χ0n) is 16.7. The van der Waals surface area contributed by atoms with Gasteiger partial charge in [0, 0.05) is 25.1 Å². The zero-order valence-corrected chi connectivity index (χ0v) is 17.4. The third kappa shape index (κ3) is 3.92. The van der Waals surface area contributed by atoms with Crippen molar-refractivity contribution in [1.29, 1.82) is 0 Å². The highest BCUT2D eigenvalue weighted by Crippen LogP contribution is 2.34. The number of benzene rings is 2. The first kappa shape index (κ1) is 19.7. The van der Waals surface area contributed by atoms with E-state index in [1.807, 2.05) is 24.3 Å². The molecule has 31 heavy (non-hydrogen) atoms. The summed E-state index contributed by atoms with van der Waals surface area (Å²) in [5.41, 5.74) is 3.80. The smallest absolute Gasteiger partial charge is 0.244 e. The molecule has 1 N–H and O–H groups in total. The molecule has 0 aliphatic carbocycles. The Morgan fingerprint density at radius 1 is 1.26 bits per heavy atom. The Morgan fingerprint density at radius 3 is 2.87 bits per heavy atom. The number of ether oxygens (including phenoxy) is 1. The van der Waals surface area contributed by atoms with Gasteiger partial charge in [0.15, 0.2) is 0 Å². The van der Waals surface area contributed by atoms with Crippen molar-refractivity contribution in [3.8, 4) is 17.1 Å². The second-order valence-corrected chi connectivity index (χ2v) is 7.79. The van der Waals surface area contributed by atoms with E-state index in [0.29, 0.717) is 36.8 Å². The summed E-state index contributed by atoms with van der Waals surface area (Å²) in [6.07, 6.45) is 2.35. The maximum Gasteiger partial charge on any atom is 0.244 e. The Morgan fingerprint density at radius 2 is 2.10 bits per heavy atom. The third-order valence-corrected chi connectivity index (χ3v) is 5.74. The van der Waals surface area contributed by atoms with E-state index in [9.17, 15) is 4.39 Å². The molecule has 7 nitrogen and oxygen atoms in total. The molecule has 1 atom stereocenters. The van der Waals surface area contributed by atoms with Crippen molar-refractivity contribution in [2.24, 2.45) is 0 Å². The molecule has 0 radical (unpaired) electrons. The number of H-pyrrole nitrogens is 1. The van der Waals surface area contributed by atoms with Gasteiger partial charge in [-0.05, 0) is 35.9 Å². The number of aromatic nitrogens is 4. The number of hydrogen-bond acceptors (Lipinski definition) is 6. The van der Waals surface area contributed by atoms with Crippen LogP contribution in [-0.2, 0) is 19.5 Å². The minimum atomic E-state index is -0.488. The van der Waals surface area contributed by atoms with Gasteiger partial charge in [0.2, 0.25) is 11.7 Å². The fourth-order valence-electron chi connectivity index (χ4n) is 3.79. The van der Waals surface area contributed by atoms with Crippen molar-refractivity contribution in [3.05, 3.63) is 82.5 Å². The quantitative estimate of drug-likeness (QED) is 0.491. The number of rotatable bonds is 5. The highest BCUT2D eigenvalue weighted by atomic mass is 35.5. The monoisotopic (exact) mass is 439 g/mol. The van der Waals surface area contributed by atoms with Gasteiger partial charge < -0.3 is 14.2 Å². The van der Waals surface area contributed by atoms with Crippen molar-refractivity contribution >= 4 is 11.6 Å². The largest absolute Gasteiger partial charge is 0.497 e. The molecule has 0 saturated heterocycles. The van der Waals surface area contributed by atoms with Gasteiger partial charge in [0.25, 0.3) is 0 Å². The molecule has 3 heterocycles. The molecule has 1 aliphatic heterocycles. The Kier molecular flexibility index (Phi) is 5.17. The van der Waals surface area contributed by atoms with Crippen molar-refractivity contribution in [3.63, 3.8) is 0 Å². The predicted octanol–water partition coefficient (Wildman–Crippen LogP) is 4.56. The van der Waals surface area contributed by atoms with Gasteiger partial charge in [-0.25, -0.2) is 9.37 Å². The van der Waals surface area contributed by atoms with Gasteiger partial charge in [0.05, 0.1) is 35.9 Å². The lowest BCUT2D eigenvalue weighted by Crippen LogP contribution is -2.34. The third-order valence-electron chi connectivity index (χ3n) is 5.45. The Bertz CT molecular complexity index is 1210. The van der Waals surface area contributed by atoms with Gasteiger partial charge in [-0.2, -0.15) is 4.98 Å². The molecule has 0 bridgehead atoms. The Balaban J connectivity index is 1.45. The van der Waals surface area contributed by atoms with E-state index in [4.69, 9.17) is 20.9 Å². The second kappa shape index (κ2) is 8.13. The van der Waals surface area contributed by atoms with E-state index in [1.165, 1.54) is 12.1 Å². The number of aromatic amines is 1. The normalized spacial score (nSPS) is 16.3. The van der Waals surface area contributed by atoms with E-state index in [0.717, 1.165) is 22.7 Å². The summed E-state index contributed by atoms with van der Waals surface area (Å²) in [6.45, 7) is 1.36. The number of imidazole rings is 1. The fraction of sp³-hybridized carbons (Fsp3) is 0.227. The fourth-order valence-corrected chi connectivity index (χ4v) is 3.97. The van der Waals surface area contributed by atoms with Crippen LogP contribution in [0.4, 0.5) is 4.39 Å². The molecule has 2 aromatic carbocycles. The van der Waals surface area contributed by atoms with Crippen LogP contribution in [0.25, 0.3) is 11.4 Å². The molecule has 158 valence electrons. The molecular formula is C22H19ClFN5O2. The van der Waals surface area contributed by atoms with Crippen molar-refractivity contribution in [2.45, 2.75) is 25.6 Å². The van der Waals surface area contributed by atoms with Gasteiger partial charge in [-0.15, -0.1) is 0 Å². The van der Waals surface area contributed by atoms with Crippen LogP contribution in [0, 0.1) is 5.82 Å². The van der Waals surface area contributed by atoms with Crippen molar-refractivity contribution in [2.75, 3.05) is 7.11 Å². The summed E-state index contributed by atoms with van der Waals surface area (Å²) in [6, 6.07) is 12.2. The molecule has 9 heteroatoms. The van der Waals surface area contributed by atoms with Gasteiger partial charge >= 0.3 is 0 Å². The molecule has 5 rings (SSSR count). The summed E-state index contributed by atoms with van der Waals surface area (Å²) < 4.78 is 24.4. The van der Waals surface area contributed by atoms with Crippen LogP contribution in [0.2, 0.25) is 5.02 Å². The number of halogens is 2. The standard InChI is InChI=1S/C22H19ClFN5O2/c1-30-15-5-2-13(3-6-15)10-29-11-19-18(25-12-26-19)9-20(29)22-27-21(28-31-22)14-4-7-17(24)16(23)8-14/h2-8,12,20H,9-11H2,1H3,(H,25,26). The highest BCUT2D eigenvalue weighted by molar-refractivity contribution is 6.31. The van der Waals surface area contributed by atoms with Crippen LogP contribution in [-0.4, -0.2) is 32.1 Å². The maximum atomic E-state index is 13.5. The molecule has 4 aromatic rings. The molecule has 1 unspecified atom stereocenters. The van der Waals surface area contributed by atoms with E-state index in [2.05, 4.69) is 25.0 Å². The van der Waals surface area contributed by atoms with Crippen molar-refractivity contribution in [1.82, 2.24) is 25.0 Å². The minimum Gasteiger partial charge on any atom is -0.497 e. The van der Waals surface area contributed by atoms with Crippen LogP contribution in [0.1, 0.15) is 28.9 Å². The number of nitrogens with one attached hydrogen (secondary N) is 1. The van der Waals surface area contributed by atoms with Crippen LogP contribution in [0.3, 0.4) is 0 Å². The minimum absolute atomic E-state index is 0.0174. The summed E-state index contributed by atoms with van der Waals surface area (Å²) in [4.78, 5) is 14.5.